The molecule has 5 nitrogen and oxygen atoms in total. The smallest absolute Gasteiger partial charge is 0.263 e. The van der Waals surface area contributed by atoms with Gasteiger partial charge in [0.25, 0.3) is 10.0 Å². The van der Waals surface area contributed by atoms with Gasteiger partial charge in [-0.1, -0.05) is 0 Å². The SMILES string of the molecule is NCc1cc(NS(=O)(=O)c2cccnc2)ccc1F. The molecule has 0 saturated carbocycles. The first-order chi connectivity index (χ1) is 9.03. The molecule has 0 spiro atoms. The van der Waals surface area contributed by atoms with Crippen molar-refractivity contribution in [2.24, 2.45) is 5.73 Å². The van der Waals surface area contributed by atoms with Gasteiger partial charge in [-0.15, -0.1) is 0 Å². The molecule has 0 unspecified atom stereocenters. The first-order valence-electron chi connectivity index (χ1n) is 5.44. The monoisotopic (exact) mass is 281 g/mol. The van der Waals surface area contributed by atoms with Crippen molar-refractivity contribution in [2.75, 3.05) is 4.72 Å². The number of rotatable bonds is 4. The van der Waals surface area contributed by atoms with Gasteiger partial charge in [0.1, 0.15) is 10.7 Å². The quantitative estimate of drug-likeness (QED) is 0.889. The Hall–Kier alpha value is -1.99. The minimum absolute atomic E-state index is 0.00566. The fourth-order valence-corrected chi connectivity index (χ4v) is 2.53. The zero-order chi connectivity index (χ0) is 13.9. The van der Waals surface area contributed by atoms with Crippen LogP contribution in [-0.4, -0.2) is 13.4 Å². The maximum atomic E-state index is 13.3. The highest BCUT2D eigenvalue weighted by atomic mass is 32.2. The molecule has 0 aliphatic carbocycles. The van der Waals surface area contributed by atoms with Crippen molar-refractivity contribution >= 4 is 15.7 Å². The van der Waals surface area contributed by atoms with E-state index in [9.17, 15) is 12.8 Å². The van der Waals surface area contributed by atoms with E-state index < -0.39 is 15.8 Å². The maximum absolute atomic E-state index is 13.3. The Labute approximate surface area is 110 Å². The zero-order valence-electron chi connectivity index (χ0n) is 9.88. The summed E-state index contributed by atoms with van der Waals surface area (Å²) in [5.41, 5.74) is 5.86. The Morgan fingerprint density at radius 1 is 1.32 bits per heavy atom. The molecular formula is C12H12FN3O2S. The number of nitrogens with two attached hydrogens (primary N) is 1. The first kappa shape index (κ1) is 13.4. The van der Waals surface area contributed by atoms with Gasteiger partial charge in [-0.3, -0.25) is 9.71 Å². The number of halogens is 1. The van der Waals surface area contributed by atoms with Crippen LogP contribution in [0.3, 0.4) is 0 Å². The third kappa shape index (κ3) is 3.07. The topological polar surface area (TPSA) is 85.1 Å². The minimum Gasteiger partial charge on any atom is -0.326 e. The van der Waals surface area contributed by atoms with Gasteiger partial charge < -0.3 is 5.73 Å². The lowest BCUT2D eigenvalue weighted by Gasteiger charge is -2.09. The molecule has 1 heterocycles. The van der Waals surface area contributed by atoms with E-state index in [0.29, 0.717) is 0 Å². The summed E-state index contributed by atoms with van der Waals surface area (Å²) in [6, 6.07) is 6.81. The molecule has 1 aromatic heterocycles. The number of hydrogen-bond acceptors (Lipinski definition) is 4. The van der Waals surface area contributed by atoms with Crippen molar-refractivity contribution in [1.29, 1.82) is 0 Å². The third-order valence-electron chi connectivity index (χ3n) is 2.46. The number of hydrogen-bond donors (Lipinski definition) is 2. The van der Waals surface area contributed by atoms with Crippen molar-refractivity contribution in [3.8, 4) is 0 Å². The fourth-order valence-electron chi connectivity index (χ4n) is 1.51. The molecule has 0 fully saturated rings. The van der Waals surface area contributed by atoms with Crippen LogP contribution in [0.15, 0.2) is 47.6 Å². The average molecular weight is 281 g/mol. The summed E-state index contributed by atoms with van der Waals surface area (Å²) in [6.07, 6.45) is 2.71. The maximum Gasteiger partial charge on any atom is 0.263 e. The normalized spacial score (nSPS) is 11.3. The highest BCUT2D eigenvalue weighted by Gasteiger charge is 2.14. The lowest BCUT2D eigenvalue weighted by atomic mass is 10.2. The summed E-state index contributed by atoms with van der Waals surface area (Å²) in [6.45, 7) is -0.00566. The van der Waals surface area contributed by atoms with Crippen molar-refractivity contribution < 1.29 is 12.8 Å². The van der Waals surface area contributed by atoms with E-state index in [1.165, 1.54) is 42.7 Å². The van der Waals surface area contributed by atoms with E-state index in [0.717, 1.165) is 0 Å². The largest absolute Gasteiger partial charge is 0.326 e. The van der Waals surface area contributed by atoms with Gasteiger partial charge in [0.05, 0.1) is 0 Å². The number of sulfonamides is 1. The minimum atomic E-state index is -3.73. The fraction of sp³-hybridized carbons (Fsp3) is 0.0833. The van der Waals surface area contributed by atoms with Crippen LogP contribution in [-0.2, 0) is 16.6 Å². The van der Waals surface area contributed by atoms with Crippen molar-refractivity contribution in [1.82, 2.24) is 4.98 Å². The van der Waals surface area contributed by atoms with Crippen LogP contribution in [0.5, 0.6) is 0 Å². The summed E-state index contributed by atoms with van der Waals surface area (Å²) < 4.78 is 39.6. The first-order valence-corrected chi connectivity index (χ1v) is 6.92. The predicted molar refractivity (Wildman–Crippen MR) is 69.3 cm³/mol. The molecule has 1 aromatic carbocycles. The molecule has 0 saturated heterocycles. The second-order valence-electron chi connectivity index (χ2n) is 3.80. The van der Waals surface area contributed by atoms with E-state index in [-0.39, 0.29) is 22.7 Å². The van der Waals surface area contributed by atoms with E-state index >= 15 is 0 Å². The van der Waals surface area contributed by atoms with Gasteiger partial charge in [-0.2, -0.15) is 0 Å². The molecule has 100 valence electrons. The zero-order valence-corrected chi connectivity index (χ0v) is 10.7. The molecule has 2 rings (SSSR count). The molecule has 0 atom stereocenters. The van der Waals surface area contributed by atoms with E-state index in [2.05, 4.69) is 9.71 Å². The summed E-state index contributed by atoms with van der Waals surface area (Å²) >= 11 is 0. The van der Waals surface area contributed by atoms with Gasteiger partial charge >= 0.3 is 0 Å². The van der Waals surface area contributed by atoms with Crippen molar-refractivity contribution in [2.45, 2.75) is 11.4 Å². The summed E-state index contributed by atoms with van der Waals surface area (Å²) in [7, 11) is -3.73. The predicted octanol–water partition coefficient (Wildman–Crippen LogP) is 1.48. The van der Waals surface area contributed by atoms with Crippen LogP contribution in [0.4, 0.5) is 10.1 Å². The number of pyridine rings is 1. The second-order valence-corrected chi connectivity index (χ2v) is 5.49. The molecule has 3 N–H and O–H groups in total. The Kier molecular flexibility index (Phi) is 3.77. The molecule has 19 heavy (non-hydrogen) atoms. The number of anilines is 1. The van der Waals surface area contributed by atoms with Gasteiger partial charge in [-0.05, 0) is 30.3 Å². The highest BCUT2D eigenvalue weighted by molar-refractivity contribution is 7.92. The molecule has 0 radical (unpaired) electrons. The van der Waals surface area contributed by atoms with Crippen LogP contribution >= 0.6 is 0 Å². The van der Waals surface area contributed by atoms with Crippen LogP contribution in [0.1, 0.15) is 5.56 Å². The van der Waals surface area contributed by atoms with Gasteiger partial charge in [0.15, 0.2) is 0 Å². The highest BCUT2D eigenvalue weighted by Crippen LogP contribution is 2.18. The molecule has 0 aliphatic heterocycles. The van der Waals surface area contributed by atoms with Crippen LogP contribution < -0.4 is 10.5 Å². The summed E-state index contributed by atoms with van der Waals surface area (Å²) in [5.74, 6) is -0.466. The van der Waals surface area contributed by atoms with Crippen molar-refractivity contribution in [3.05, 3.63) is 54.1 Å². The Morgan fingerprint density at radius 2 is 2.11 bits per heavy atom. The lowest BCUT2D eigenvalue weighted by Crippen LogP contribution is -2.13. The molecule has 0 bridgehead atoms. The molecule has 0 amide bonds. The molecule has 0 aliphatic rings. The lowest BCUT2D eigenvalue weighted by molar-refractivity contribution is 0.600. The number of benzene rings is 1. The number of aromatic nitrogens is 1. The average Bonchev–Trinajstić information content (AvgIpc) is 2.42. The standard InChI is InChI=1S/C12H12FN3O2S/c13-12-4-3-10(6-9(12)7-14)16-19(17,18)11-2-1-5-15-8-11/h1-6,8,16H,7,14H2. The van der Waals surface area contributed by atoms with Crippen LogP contribution in [0, 0.1) is 5.82 Å². The Balaban J connectivity index is 2.31. The number of nitrogens with zero attached hydrogens (tertiary/aromatic N) is 1. The summed E-state index contributed by atoms with van der Waals surface area (Å²) in [4.78, 5) is 3.78. The van der Waals surface area contributed by atoms with Crippen LogP contribution in [0.2, 0.25) is 0 Å². The Bertz CT molecular complexity index is 675. The van der Waals surface area contributed by atoms with Crippen molar-refractivity contribution in [3.63, 3.8) is 0 Å². The summed E-state index contributed by atoms with van der Waals surface area (Å²) in [5, 5.41) is 0. The second kappa shape index (κ2) is 5.33. The van der Waals surface area contributed by atoms with Gasteiger partial charge in [0.2, 0.25) is 0 Å². The van der Waals surface area contributed by atoms with Gasteiger partial charge in [0, 0.05) is 30.2 Å². The molecule has 2 aromatic rings. The number of nitrogens with one attached hydrogen (secondary N) is 1. The van der Waals surface area contributed by atoms with Gasteiger partial charge in [-0.25, -0.2) is 12.8 Å². The van der Waals surface area contributed by atoms with Crippen LogP contribution in [0.25, 0.3) is 0 Å². The molecular weight excluding hydrogens is 269 g/mol. The Morgan fingerprint density at radius 3 is 2.74 bits per heavy atom. The van der Waals surface area contributed by atoms with E-state index in [4.69, 9.17) is 5.73 Å². The van der Waals surface area contributed by atoms with E-state index in [1.807, 2.05) is 0 Å². The van der Waals surface area contributed by atoms with E-state index in [1.54, 1.807) is 0 Å². The third-order valence-corrected chi connectivity index (χ3v) is 3.83. The molecule has 7 heteroatoms.